The molecule has 0 radical (unpaired) electrons. The molecule has 0 saturated carbocycles. The highest BCUT2D eigenvalue weighted by atomic mass is 15.3. The molecule has 1 aliphatic carbocycles. The van der Waals surface area contributed by atoms with E-state index in [1.165, 1.54) is 36.1 Å². The lowest BCUT2D eigenvalue weighted by Gasteiger charge is -2.26. The first-order valence-electron chi connectivity index (χ1n) is 9.70. The fraction of sp³-hybridized carbons (Fsp3) is 0.524. The van der Waals surface area contributed by atoms with Crippen LogP contribution in [0.2, 0.25) is 0 Å². The van der Waals surface area contributed by atoms with Crippen LogP contribution in [0, 0.1) is 13.8 Å². The van der Waals surface area contributed by atoms with Crippen molar-refractivity contribution in [3.8, 4) is 0 Å². The van der Waals surface area contributed by atoms with Crippen LogP contribution in [0.3, 0.4) is 0 Å². The Balaban J connectivity index is 1.43. The van der Waals surface area contributed by atoms with Crippen LogP contribution >= 0.6 is 0 Å². The molecular weight excluding hydrogens is 322 g/mol. The van der Waals surface area contributed by atoms with E-state index >= 15 is 0 Å². The lowest BCUT2D eigenvalue weighted by molar-refractivity contribution is 0.534. The van der Waals surface area contributed by atoms with E-state index in [1.54, 1.807) is 0 Å². The van der Waals surface area contributed by atoms with Gasteiger partial charge in [-0.25, -0.2) is 0 Å². The molecule has 0 bridgehead atoms. The second kappa shape index (κ2) is 8.88. The molecule has 0 fully saturated rings. The van der Waals surface area contributed by atoms with Gasteiger partial charge in [0.1, 0.15) is 0 Å². The first-order chi connectivity index (χ1) is 12.7. The van der Waals surface area contributed by atoms with Crippen molar-refractivity contribution in [1.29, 1.82) is 0 Å². The summed E-state index contributed by atoms with van der Waals surface area (Å²) in [6, 6.07) is 11.0. The molecule has 3 rings (SSSR count). The summed E-state index contributed by atoms with van der Waals surface area (Å²) in [5, 5.41) is 11.4. The van der Waals surface area contributed by atoms with Crippen LogP contribution in [0.1, 0.15) is 47.7 Å². The number of benzene rings is 1. The Hall–Kier alpha value is -2.30. The zero-order chi connectivity index (χ0) is 18.4. The minimum atomic E-state index is 0.577. The van der Waals surface area contributed by atoms with Gasteiger partial charge in [-0.1, -0.05) is 24.3 Å². The van der Waals surface area contributed by atoms with Gasteiger partial charge in [0.15, 0.2) is 5.96 Å². The van der Waals surface area contributed by atoms with Crippen LogP contribution < -0.4 is 10.6 Å². The standard InChI is InChI=1S/C21H31N5/c1-16-14-17(2)26(25-16)13-7-12-23-21(22-3)24-15-19-10-6-9-18-8-4-5-11-20(18)19/h4-5,8,11,14,19H,6-7,9-10,12-13,15H2,1-3H3,(H2,22,23,24). The number of hydrogen-bond donors (Lipinski definition) is 2. The molecule has 5 heteroatoms. The zero-order valence-corrected chi connectivity index (χ0v) is 16.3. The van der Waals surface area contributed by atoms with Gasteiger partial charge < -0.3 is 10.6 Å². The van der Waals surface area contributed by atoms with E-state index in [4.69, 9.17) is 0 Å². The highest BCUT2D eigenvalue weighted by Gasteiger charge is 2.19. The topological polar surface area (TPSA) is 54.2 Å². The summed E-state index contributed by atoms with van der Waals surface area (Å²) in [6.07, 6.45) is 4.76. The van der Waals surface area contributed by atoms with Crippen LogP contribution in [0.5, 0.6) is 0 Å². The van der Waals surface area contributed by atoms with E-state index in [0.717, 1.165) is 37.7 Å². The molecule has 1 aromatic heterocycles. The van der Waals surface area contributed by atoms with Crippen LogP contribution in [-0.4, -0.2) is 35.9 Å². The summed E-state index contributed by atoms with van der Waals surface area (Å²) in [7, 11) is 1.84. The van der Waals surface area contributed by atoms with E-state index < -0.39 is 0 Å². The molecule has 0 saturated heterocycles. The number of hydrogen-bond acceptors (Lipinski definition) is 2. The number of guanidine groups is 1. The number of fused-ring (bicyclic) bond motifs is 1. The van der Waals surface area contributed by atoms with E-state index in [-0.39, 0.29) is 0 Å². The van der Waals surface area contributed by atoms with Gasteiger partial charge in [-0.3, -0.25) is 9.67 Å². The fourth-order valence-electron chi connectivity index (χ4n) is 3.84. The predicted molar refractivity (Wildman–Crippen MR) is 108 cm³/mol. The van der Waals surface area contributed by atoms with Gasteiger partial charge in [-0.2, -0.15) is 5.10 Å². The summed E-state index contributed by atoms with van der Waals surface area (Å²) >= 11 is 0. The highest BCUT2D eigenvalue weighted by molar-refractivity contribution is 5.79. The lowest BCUT2D eigenvalue weighted by Crippen LogP contribution is -2.40. The Labute approximate surface area is 156 Å². The third kappa shape index (κ3) is 4.65. The van der Waals surface area contributed by atoms with Crippen molar-refractivity contribution in [1.82, 2.24) is 20.4 Å². The van der Waals surface area contributed by atoms with Gasteiger partial charge in [0.05, 0.1) is 5.69 Å². The number of nitrogens with zero attached hydrogens (tertiary/aromatic N) is 3. The average molecular weight is 354 g/mol. The SMILES string of the molecule is CN=C(NCCCn1nc(C)cc1C)NCC1CCCc2ccccc21. The number of aliphatic imine (C=N–C) groups is 1. The number of rotatable bonds is 6. The maximum Gasteiger partial charge on any atom is 0.190 e. The monoisotopic (exact) mass is 353 g/mol. The molecule has 1 aliphatic rings. The summed E-state index contributed by atoms with van der Waals surface area (Å²) < 4.78 is 2.08. The van der Waals surface area contributed by atoms with Crippen molar-refractivity contribution >= 4 is 5.96 Å². The molecule has 1 aromatic carbocycles. The Morgan fingerprint density at radius 3 is 2.88 bits per heavy atom. The summed E-state index contributed by atoms with van der Waals surface area (Å²) in [6.45, 7) is 6.90. The number of aryl methyl sites for hydroxylation is 4. The van der Waals surface area contributed by atoms with Gasteiger partial charge in [-0.15, -0.1) is 0 Å². The Morgan fingerprint density at radius 2 is 2.12 bits per heavy atom. The molecule has 1 atom stereocenters. The maximum absolute atomic E-state index is 4.51. The van der Waals surface area contributed by atoms with Gasteiger partial charge in [0.2, 0.25) is 0 Å². The molecule has 0 amide bonds. The van der Waals surface area contributed by atoms with Crippen LogP contribution in [0.4, 0.5) is 0 Å². The normalized spacial score (nSPS) is 17.0. The summed E-state index contributed by atoms with van der Waals surface area (Å²) in [5.41, 5.74) is 5.33. The molecule has 140 valence electrons. The lowest BCUT2D eigenvalue weighted by atomic mass is 9.83. The van der Waals surface area contributed by atoms with E-state index in [9.17, 15) is 0 Å². The minimum Gasteiger partial charge on any atom is -0.356 e. The van der Waals surface area contributed by atoms with Crippen molar-refractivity contribution in [2.24, 2.45) is 4.99 Å². The first kappa shape index (κ1) is 18.5. The largest absolute Gasteiger partial charge is 0.356 e. The van der Waals surface area contributed by atoms with Crippen LogP contribution in [0.25, 0.3) is 0 Å². The third-order valence-corrected chi connectivity index (χ3v) is 5.18. The van der Waals surface area contributed by atoms with Gasteiger partial charge in [-0.05, 0) is 56.7 Å². The maximum atomic E-state index is 4.51. The van der Waals surface area contributed by atoms with Crippen molar-refractivity contribution in [2.45, 2.75) is 52.0 Å². The second-order valence-electron chi connectivity index (χ2n) is 7.17. The number of aromatic nitrogens is 2. The van der Waals surface area contributed by atoms with Gasteiger partial charge in [0, 0.05) is 38.3 Å². The van der Waals surface area contributed by atoms with Crippen molar-refractivity contribution in [3.63, 3.8) is 0 Å². The Morgan fingerprint density at radius 1 is 1.27 bits per heavy atom. The highest BCUT2D eigenvalue weighted by Crippen LogP contribution is 2.30. The van der Waals surface area contributed by atoms with E-state index in [1.807, 2.05) is 14.0 Å². The fourth-order valence-corrected chi connectivity index (χ4v) is 3.84. The third-order valence-electron chi connectivity index (χ3n) is 5.18. The zero-order valence-electron chi connectivity index (χ0n) is 16.3. The van der Waals surface area contributed by atoms with Crippen LogP contribution in [-0.2, 0) is 13.0 Å². The van der Waals surface area contributed by atoms with Crippen molar-refractivity contribution in [2.75, 3.05) is 20.1 Å². The Bertz CT molecular complexity index is 747. The van der Waals surface area contributed by atoms with Gasteiger partial charge >= 0.3 is 0 Å². The molecule has 26 heavy (non-hydrogen) atoms. The van der Waals surface area contributed by atoms with Crippen molar-refractivity contribution < 1.29 is 0 Å². The van der Waals surface area contributed by atoms with E-state index in [0.29, 0.717) is 5.92 Å². The molecule has 2 aromatic rings. The van der Waals surface area contributed by atoms with Crippen molar-refractivity contribution in [3.05, 3.63) is 52.8 Å². The molecular formula is C21H31N5. The second-order valence-corrected chi connectivity index (χ2v) is 7.17. The quantitative estimate of drug-likeness (QED) is 0.476. The molecule has 2 N–H and O–H groups in total. The van der Waals surface area contributed by atoms with E-state index in [2.05, 4.69) is 62.7 Å². The van der Waals surface area contributed by atoms with Gasteiger partial charge in [0.25, 0.3) is 0 Å². The van der Waals surface area contributed by atoms with Crippen LogP contribution in [0.15, 0.2) is 35.3 Å². The minimum absolute atomic E-state index is 0.577. The first-order valence-corrected chi connectivity index (χ1v) is 9.70. The predicted octanol–water partition coefficient (Wildman–Crippen LogP) is 3.18. The average Bonchev–Trinajstić information content (AvgIpc) is 2.98. The molecule has 5 nitrogen and oxygen atoms in total. The smallest absolute Gasteiger partial charge is 0.190 e. The Kier molecular flexibility index (Phi) is 6.31. The molecule has 1 heterocycles. The summed E-state index contributed by atoms with van der Waals surface area (Å²) in [5.74, 6) is 1.47. The molecule has 1 unspecified atom stereocenters. The summed E-state index contributed by atoms with van der Waals surface area (Å²) in [4.78, 5) is 4.37. The molecule has 0 aliphatic heterocycles. The molecule has 0 spiro atoms. The number of nitrogens with one attached hydrogen (secondary N) is 2.